The van der Waals surface area contributed by atoms with Gasteiger partial charge in [-0.2, -0.15) is 0 Å². The number of aromatic nitrogens is 1. The summed E-state index contributed by atoms with van der Waals surface area (Å²) in [6, 6.07) is 2.69. The lowest BCUT2D eigenvalue weighted by Gasteiger charge is -2.12. The van der Waals surface area contributed by atoms with Gasteiger partial charge < -0.3 is 9.84 Å². The van der Waals surface area contributed by atoms with Gasteiger partial charge in [-0.15, -0.1) is 0 Å². The Kier molecular flexibility index (Phi) is 2.83. The van der Waals surface area contributed by atoms with E-state index in [1.807, 2.05) is 0 Å². The molecule has 0 aromatic carbocycles. The molecule has 15 heavy (non-hydrogen) atoms. The topological polar surface area (TPSA) is 38.1 Å². The van der Waals surface area contributed by atoms with E-state index >= 15 is 0 Å². The Hall–Kier alpha value is -0.830. The predicted molar refractivity (Wildman–Crippen MR) is 59.9 cm³/mol. The Morgan fingerprint density at radius 1 is 1.53 bits per heavy atom. The highest BCUT2D eigenvalue weighted by molar-refractivity contribution is 5.14. The van der Waals surface area contributed by atoms with Crippen molar-refractivity contribution in [1.82, 2.24) is 10.5 Å². The summed E-state index contributed by atoms with van der Waals surface area (Å²) in [5.74, 6) is 1.01. The maximum atomic E-state index is 5.36. The molecule has 1 aliphatic heterocycles. The Morgan fingerprint density at radius 2 is 2.33 bits per heavy atom. The van der Waals surface area contributed by atoms with Gasteiger partial charge in [-0.05, 0) is 19.4 Å². The van der Waals surface area contributed by atoms with Crippen LogP contribution in [0.1, 0.15) is 45.1 Å². The lowest BCUT2D eigenvalue weighted by Crippen LogP contribution is -2.23. The van der Waals surface area contributed by atoms with E-state index in [-0.39, 0.29) is 5.41 Å². The maximum Gasteiger partial charge on any atom is 0.138 e. The second kappa shape index (κ2) is 3.97. The van der Waals surface area contributed by atoms with Crippen LogP contribution in [-0.2, 0) is 11.8 Å². The van der Waals surface area contributed by atoms with Gasteiger partial charge in [0.25, 0.3) is 0 Å². The van der Waals surface area contributed by atoms with Crippen LogP contribution in [0.3, 0.4) is 0 Å². The molecule has 1 aromatic heterocycles. The predicted octanol–water partition coefficient (Wildman–Crippen LogP) is 2.27. The van der Waals surface area contributed by atoms with E-state index in [0.29, 0.717) is 6.04 Å². The zero-order chi connectivity index (χ0) is 10.9. The third-order valence-electron chi connectivity index (χ3n) is 2.94. The van der Waals surface area contributed by atoms with E-state index in [1.165, 1.54) is 12.8 Å². The molecule has 0 bridgehead atoms. The van der Waals surface area contributed by atoms with Gasteiger partial charge >= 0.3 is 0 Å². The summed E-state index contributed by atoms with van der Waals surface area (Å²) in [7, 11) is 0. The highest BCUT2D eigenvalue weighted by atomic mass is 16.5. The van der Waals surface area contributed by atoms with Gasteiger partial charge in [-0.1, -0.05) is 25.9 Å². The Morgan fingerprint density at radius 3 is 2.87 bits per heavy atom. The zero-order valence-electron chi connectivity index (χ0n) is 9.84. The average molecular weight is 208 g/mol. The van der Waals surface area contributed by atoms with Crippen LogP contribution in [-0.4, -0.2) is 17.7 Å². The summed E-state index contributed by atoms with van der Waals surface area (Å²) in [4.78, 5) is 0. The van der Waals surface area contributed by atoms with Crippen LogP contribution < -0.4 is 5.32 Å². The first-order chi connectivity index (χ1) is 7.05. The third-order valence-corrected chi connectivity index (χ3v) is 2.94. The van der Waals surface area contributed by atoms with E-state index < -0.39 is 0 Å². The van der Waals surface area contributed by atoms with Crippen LogP contribution >= 0.6 is 0 Å². The van der Waals surface area contributed by atoms with Crippen molar-refractivity contribution in [2.75, 3.05) is 6.54 Å². The number of nitrogens with one attached hydrogen (secondary N) is 1. The second-order valence-corrected chi connectivity index (χ2v) is 5.43. The molecule has 1 fully saturated rings. The molecule has 1 saturated heterocycles. The summed E-state index contributed by atoms with van der Waals surface area (Å²) in [6.45, 7) is 7.61. The van der Waals surface area contributed by atoms with E-state index in [1.54, 1.807) is 0 Å². The Labute approximate surface area is 91.2 Å². The van der Waals surface area contributed by atoms with Gasteiger partial charge in [0, 0.05) is 23.9 Å². The molecular formula is C12H20N2O. The molecule has 3 nitrogen and oxygen atoms in total. The van der Waals surface area contributed by atoms with Crippen molar-refractivity contribution in [3.8, 4) is 0 Å². The molecule has 1 atom stereocenters. The van der Waals surface area contributed by atoms with E-state index in [4.69, 9.17) is 4.52 Å². The monoisotopic (exact) mass is 208 g/mol. The SMILES string of the molecule is CC(C)(C)c1cc(CC2CCCN2)on1. The van der Waals surface area contributed by atoms with Crippen molar-refractivity contribution < 1.29 is 4.52 Å². The second-order valence-electron chi connectivity index (χ2n) is 5.43. The molecule has 84 valence electrons. The standard InChI is InChI=1S/C12H20N2O/c1-12(2,3)11-8-10(15-14-11)7-9-5-4-6-13-9/h8-9,13H,4-7H2,1-3H3. The number of nitrogens with zero attached hydrogens (tertiary/aromatic N) is 1. The molecule has 1 aliphatic rings. The molecule has 1 N–H and O–H groups in total. The van der Waals surface area contributed by atoms with Crippen molar-refractivity contribution in [2.24, 2.45) is 0 Å². The highest BCUT2D eigenvalue weighted by Gasteiger charge is 2.21. The number of hydrogen-bond donors (Lipinski definition) is 1. The molecule has 3 heteroatoms. The molecular weight excluding hydrogens is 188 g/mol. The molecule has 0 amide bonds. The zero-order valence-corrected chi connectivity index (χ0v) is 9.84. The Balaban J connectivity index is 2.00. The minimum atomic E-state index is 0.0881. The summed E-state index contributed by atoms with van der Waals surface area (Å²) in [6.07, 6.45) is 3.51. The van der Waals surface area contributed by atoms with Crippen molar-refractivity contribution >= 4 is 0 Å². The molecule has 0 saturated carbocycles. The van der Waals surface area contributed by atoms with Gasteiger partial charge in [0.1, 0.15) is 5.76 Å². The molecule has 0 aliphatic carbocycles. The first kappa shape index (κ1) is 10.7. The fourth-order valence-electron chi connectivity index (χ4n) is 1.94. The minimum absolute atomic E-state index is 0.0881. The first-order valence-electron chi connectivity index (χ1n) is 5.75. The van der Waals surface area contributed by atoms with Crippen LogP contribution in [0.5, 0.6) is 0 Å². The Bertz CT molecular complexity index is 319. The van der Waals surface area contributed by atoms with Gasteiger partial charge in [-0.3, -0.25) is 0 Å². The van der Waals surface area contributed by atoms with Gasteiger partial charge in [0.05, 0.1) is 5.69 Å². The smallest absolute Gasteiger partial charge is 0.138 e. The molecule has 1 unspecified atom stereocenters. The largest absolute Gasteiger partial charge is 0.361 e. The number of rotatable bonds is 2. The normalized spacial score (nSPS) is 22.2. The number of hydrogen-bond acceptors (Lipinski definition) is 3. The third kappa shape index (κ3) is 2.59. The molecule has 0 spiro atoms. The van der Waals surface area contributed by atoms with Crippen LogP contribution in [0.2, 0.25) is 0 Å². The van der Waals surface area contributed by atoms with Crippen LogP contribution in [0.4, 0.5) is 0 Å². The van der Waals surface area contributed by atoms with E-state index in [2.05, 4.69) is 37.3 Å². The highest BCUT2D eigenvalue weighted by Crippen LogP contribution is 2.22. The van der Waals surface area contributed by atoms with Gasteiger partial charge in [0.15, 0.2) is 0 Å². The lowest BCUT2D eigenvalue weighted by atomic mass is 9.92. The fourth-order valence-corrected chi connectivity index (χ4v) is 1.94. The van der Waals surface area contributed by atoms with Gasteiger partial charge in [-0.25, -0.2) is 0 Å². The van der Waals surface area contributed by atoms with Crippen LogP contribution in [0, 0.1) is 0 Å². The summed E-state index contributed by atoms with van der Waals surface area (Å²) in [5, 5.41) is 7.59. The molecule has 1 aromatic rings. The van der Waals surface area contributed by atoms with Crippen molar-refractivity contribution in [2.45, 2.75) is 51.5 Å². The minimum Gasteiger partial charge on any atom is -0.361 e. The van der Waals surface area contributed by atoms with Crippen molar-refractivity contribution in [3.05, 3.63) is 17.5 Å². The van der Waals surface area contributed by atoms with Crippen LogP contribution in [0.25, 0.3) is 0 Å². The fraction of sp³-hybridized carbons (Fsp3) is 0.750. The lowest BCUT2D eigenvalue weighted by molar-refractivity contribution is 0.354. The van der Waals surface area contributed by atoms with Gasteiger partial charge in [0.2, 0.25) is 0 Å². The van der Waals surface area contributed by atoms with Crippen molar-refractivity contribution in [1.29, 1.82) is 0 Å². The quantitative estimate of drug-likeness (QED) is 0.810. The van der Waals surface area contributed by atoms with Crippen LogP contribution in [0.15, 0.2) is 10.6 Å². The molecule has 2 heterocycles. The average Bonchev–Trinajstić information content (AvgIpc) is 2.73. The summed E-state index contributed by atoms with van der Waals surface area (Å²) >= 11 is 0. The van der Waals surface area contributed by atoms with Crippen molar-refractivity contribution in [3.63, 3.8) is 0 Å². The summed E-state index contributed by atoms with van der Waals surface area (Å²) in [5.41, 5.74) is 1.14. The van der Waals surface area contributed by atoms with E-state index in [0.717, 1.165) is 24.4 Å². The van der Waals surface area contributed by atoms with E-state index in [9.17, 15) is 0 Å². The summed E-state index contributed by atoms with van der Waals surface area (Å²) < 4.78 is 5.36. The maximum absolute atomic E-state index is 5.36. The molecule has 2 rings (SSSR count). The molecule has 0 radical (unpaired) electrons. The first-order valence-corrected chi connectivity index (χ1v) is 5.75.